The Labute approximate surface area is 144 Å². The zero-order chi connectivity index (χ0) is 17.2. The average Bonchev–Trinajstić information content (AvgIpc) is 2.52. The van der Waals surface area contributed by atoms with E-state index in [4.69, 9.17) is 23.2 Å². The molecule has 0 radical (unpaired) electrons. The number of nitrogens with zero attached hydrogens (tertiary/aromatic N) is 1. The van der Waals surface area contributed by atoms with Gasteiger partial charge < -0.3 is 5.11 Å². The van der Waals surface area contributed by atoms with E-state index in [1.54, 1.807) is 18.2 Å². The quantitative estimate of drug-likeness (QED) is 0.867. The van der Waals surface area contributed by atoms with Crippen molar-refractivity contribution < 1.29 is 18.3 Å². The van der Waals surface area contributed by atoms with Gasteiger partial charge in [0.05, 0.1) is 20.6 Å². The van der Waals surface area contributed by atoms with E-state index in [2.05, 4.69) is 0 Å². The zero-order valence-electron chi connectivity index (χ0n) is 12.0. The molecular weight excluding hydrogens is 361 g/mol. The van der Waals surface area contributed by atoms with Gasteiger partial charge in [0.2, 0.25) is 0 Å². The maximum Gasteiger partial charge on any atom is 0.327 e. The number of carbonyl (C=O) groups is 1. The van der Waals surface area contributed by atoms with Crippen molar-refractivity contribution in [3.63, 3.8) is 0 Å². The van der Waals surface area contributed by atoms with Crippen LogP contribution in [0.25, 0.3) is 0 Å². The highest BCUT2D eigenvalue weighted by atomic mass is 35.5. The van der Waals surface area contributed by atoms with Crippen molar-refractivity contribution in [1.82, 2.24) is 0 Å². The van der Waals surface area contributed by atoms with Crippen molar-refractivity contribution in [3.8, 4) is 0 Å². The molecule has 0 aliphatic rings. The summed E-state index contributed by atoms with van der Waals surface area (Å²) in [4.78, 5) is 11.4. The monoisotopic (exact) mass is 373 g/mol. The maximum atomic E-state index is 12.9. The van der Waals surface area contributed by atoms with Crippen LogP contribution in [-0.4, -0.2) is 25.5 Å². The van der Waals surface area contributed by atoms with Gasteiger partial charge in [0.15, 0.2) is 0 Å². The molecule has 0 aromatic heterocycles. The zero-order valence-corrected chi connectivity index (χ0v) is 14.3. The molecule has 0 aliphatic carbocycles. The number of carboxylic acids is 1. The second-order valence-corrected chi connectivity index (χ2v) is 7.30. The molecule has 23 heavy (non-hydrogen) atoms. The predicted molar refractivity (Wildman–Crippen MR) is 89.7 cm³/mol. The van der Waals surface area contributed by atoms with E-state index in [0.717, 1.165) is 4.31 Å². The van der Waals surface area contributed by atoms with Crippen molar-refractivity contribution in [2.45, 2.75) is 17.9 Å². The second kappa shape index (κ2) is 6.78. The number of hydrogen-bond acceptors (Lipinski definition) is 3. The van der Waals surface area contributed by atoms with Crippen molar-refractivity contribution >= 4 is 44.9 Å². The fourth-order valence-electron chi connectivity index (χ4n) is 2.02. The SMILES string of the molecule is CC(C(=O)O)N(c1cccc(Cl)c1Cl)S(=O)(=O)c1ccccc1. The van der Waals surface area contributed by atoms with Crippen LogP contribution in [0.3, 0.4) is 0 Å². The van der Waals surface area contributed by atoms with Gasteiger partial charge in [0.1, 0.15) is 6.04 Å². The van der Waals surface area contributed by atoms with E-state index in [0.29, 0.717) is 0 Å². The molecule has 0 heterocycles. The lowest BCUT2D eigenvalue weighted by atomic mass is 10.2. The van der Waals surface area contributed by atoms with E-state index < -0.39 is 22.0 Å². The minimum atomic E-state index is -4.13. The highest BCUT2D eigenvalue weighted by Gasteiger charge is 2.34. The third-order valence-electron chi connectivity index (χ3n) is 3.18. The third-order valence-corrected chi connectivity index (χ3v) is 5.89. The number of carboxylic acid groups (broad SMARTS) is 1. The van der Waals surface area contributed by atoms with Crippen LogP contribution in [-0.2, 0) is 14.8 Å². The molecule has 1 atom stereocenters. The van der Waals surface area contributed by atoms with Crippen LogP contribution in [0.5, 0.6) is 0 Å². The average molecular weight is 374 g/mol. The van der Waals surface area contributed by atoms with Crippen LogP contribution in [0, 0.1) is 0 Å². The summed E-state index contributed by atoms with van der Waals surface area (Å²) in [5.74, 6) is -1.31. The first-order chi connectivity index (χ1) is 10.8. The summed E-state index contributed by atoms with van der Waals surface area (Å²) >= 11 is 12.0. The van der Waals surface area contributed by atoms with E-state index >= 15 is 0 Å². The Kier molecular flexibility index (Phi) is 5.19. The topological polar surface area (TPSA) is 74.7 Å². The first-order valence-electron chi connectivity index (χ1n) is 6.53. The first kappa shape index (κ1) is 17.6. The molecule has 0 saturated carbocycles. The van der Waals surface area contributed by atoms with E-state index in [9.17, 15) is 18.3 Å². The minimum absolute atomic E-state index is 0.0120. The lowest BCUT2D eigenvalue weighted by Gasteiger charge is -2.29. The van der Waals surface area contributed by atoms with Gasteiger partial charge in [0.25, 0.3) is 10.0 Å². The van der Waals surface area contributed by atoms with Crippen LogP contribution in [0.2, 0.25) is 10.0 Å². The molecule has 122 valence electrons. The molecule has 0 spiro atoms. The lowest BCUT2D eigenvalue weighted by molar-refractivity contribution is -0.137. The van der Waals surface area contributed by atoms with E-state index in [-0.39, 0.29) is 20.6 Å². The third kappa shape index (κ3) is 3.44. The molecule has 2 rings (SSSR count). The summed E-state index contributed by atoms with van der Waals surface area (Å²) < 4.78 is 26.6. The number of hydrogen-bond donors (Lipinski definition) is 1. The molecule has 0 aliphatic heterocycles. The summed E-state index contributed by atoms with van der Waals surface area (Å²) in [6, 6.07) is 10.6. The summed E-state index contributed by atoms with van der Waals surface area (Å²) in [5, 5.41) is 9.41. The Balaban J connectivity index is 2.69. The highest BCUT2D eigenvalue weighted by molar-refractivity contribution is 7.93. The molecule has 1 N–H and O–H groups in total. The number of benzene rings is 2. The Bertz CT molecular complexity index is 825. The van der Waals surface area contributed by atoms with Crippen LogP contribution in [0.1, 0.15) is 6.92 Å². The molecular formula is C15H13Cl2NO4S. The number of aliphatic carboxylic acids is 1. The Morgan fingerprint density at radius 3 is 2.26 bits per heavy atom. The molecule has 0 saturated heterocycles. The minimum Gasteiger partial charge on any atom is -0.480 e. The summed E-state index contributed by atoms with van der Waals surface area (Å²) in [6.45, 7) is 1.26. The number of anilines is 1. The molecule has 2 aromatic carbocycles. The standard InChI is InChI=1S/C15H13Cl2NO4S/c1-10(15(19)20)18(13-9-5-8-12(16)14(13)17)23(21,22)11-6-3-2-4-7-11/h2-10H,1H3,(H,19,20). The van der Waals surface area contributed by atoms with Crippen molar-refractivity contribution in [3.05, 3.63) is 58.6 Å². The Hall–Kier alpha value is -1.76. The smallest absolute Gasteiger partial charge is 0.327 e. The molecule has 0 fully saturated rings. The maximum absolute atomic E-state index is 12.9. The fourth-order valence-corrected chi connectivity index (χ4v) is 4.10. The highest BCUT2D eigenvalue weighted by Crippen LogP contribution is 2.36. The number of halogens is 2. The normalized spacial score (nSPS) is 12.7. The van der Waals surface area contributed by atoms with Crippen LogP contribution in [0.4, 0.5) is 5.69 Å². The van der Waals surface area contributed by atoms with E-state index in [1.165, 1.54) is 37.3 Å². The van der Waals surface area contributed by atoms with Gasteiger partial charge in [-0.25, -0.2) is 13.2 Å². The van der Waals surface area contributed by atoms with Gasteiger partial charge in [0, 0.05) is 0 Å². The van der Waals surface area contributed by atoms with Crippen molar-refractivity contribution in [1.29, 1.82) is 0 Å². The fraction of sp³-hybridized carbons (Fsp3) is 0.133. The van der Waals surface area contributed by atoms with Gasteiger partial charge >= 0.3 is 5.97 Å². The number of rotatable bonds is 5. The van der Waals surface area contributed by atoms with Crippen LogP contribution in [0.15, 0.2) is 53.4 Å². The number of sulfonamides is 1. The van der Waals surface area contributed by atoms with Crippen LogP contribution < -0.4 is 4.31 Å². The van der Waals surface area contributed by atoms with Gasteiger partial charge in [-0.3, -0.25) is 4.31 Å². The second-order valence-electron chi connectivity index (χ2n) is 4.70. The largest absolute Gasteiger partial charge is 0.480 e. The lowest BCUT2D eigenvalue weighted by Crippen LogP contribution is -2.43. The summed E-state index contributed by atoms with van der Waals surface area (Å²) in [6.07, 6.45) is 0. The summed E-state index contributed by atoms with van der Waals surface area (Å²) in [5.41, 5.74) is 0.0120. The van der Waals surface area contributed by atoms with Gasteiger partial charge in [-0.15, -0.1) is 0 Å². The van der Waals surface area contributed by atoms with Gasteiger partial charge in [-0.2, -0.15) is 0 Å². The van der Waals surface area contributed by atoms with Crippen LogP contribution >= 0.6 is 23.2 Å². The summed E-state index contributed by atoms with van der Waals surface area (Å²) in [7, 11) is -4.13. The molecule has 2 aromatic rings. The molecule has 0 bridgehead atoms. The van der Waals surface area contributed by atoms with E-state index in [1.807, 2.05) is 0 Å². The van der Waals surface area contributed by atoms with Gasteiger partial charge in [-0.05, 0) is 31.2 Å². The molecule has 1 unspecified atom stereocenters. The first-order valence-corrected chi connectivity index (χ1v) is 8.72. The molecule has 0 amide bonds. The Morgan fingerprint density at radius 2 is 1.70 bits per heavy atom. The van der Waals surface area contributed by atoms with Crippen molar-refractivity contribution in [2.24, 2.45) is 0 Å². The van der Waals surface area contributed by atoms with Crippen molar-refractivity contribution in [2.75, 3.05) is 4.31 Å². The Morgan fingerprint density at radius 1 is 1.09 bits per heavy atom. The predicted octanol–water partition coefficient (Wildman–Crippen LogP) is 3.66. The molecule has 5 nitrogen and oxygen atoms in total. The molecule has 8 heteroatoms. The van der Waals surface area contributed by atoms with Gasteiger partial charge in [-0.1, -0.05) is 47.5 Å².